The maximum Gasteiger partial charge on any atom is 0.248 e. The summed E-state index contributed by atoms with van der Waals surface area (Å²) < 4.78 is 0. The summed E-state index contributed by atoms with van der Waals surface area (Å²) in [5, 5.41) is 6.03. The van der Waals surface area contributed by atoms with E-state index >= 15 is 0 Å². The normalized spacial score (nSPS) is 17.6. The molecule has 0 saturated carbocycles. The molecule has 1 heterocycles. The Morgan fingerprint density at radius 1 is 1.42 bits per heavy atom. The molecule has 0 spiro atoms. The van der Waals surface area contributed by atoms with Gasteiger partial charge in [0.1, 0.15) is 0 Å². The van der Waals surface area contributed by atoms with Gasteiger partial charge in [0.05, 0.1) is 5.92 Å². The Balaban J connectivity index is 0.00000180. The first kappa shape index (κ1) is 15.5. The molecule has 0 aromatic heterocycles. The first-order valence-corrected chi connectivity index (χ1v) is 6.04. The van der Waals surface area contributed by atoms with E-state index in [2.05, 4.69) is 10.6 Å². The Kier molecular flexibility index (Phi) is 5.79. The summed E-state index contributed by atoms with van der Waals surface area (Å²) in [4.78, 5) is 22.8. The van der Waals surface area contributed by atoms with Gasteiger partial charge in [-0.2, -0.15) is 0 Å². The third-order valence-corrected chi connectivity index (χ3v) is 3.11. The molecule has 1 aliphatic heterocycles. The standard InChI is InChI=1S/C13H17N3O2.ClH/c14-12(17)10-3-1-2-9(6-10)7-16-13(18)11-4-5-15-8-11;/h1-3,6,11,15H,4-5,7-8H2,(H2,14,17)(H,16,18);1H. The second kappa shape index (κ2) is 7.11. The molecule has 1 aromatic carbocycles. The molecule has 1 fully saturated rings. The van der Waals surface area contributed by atoms with Gasteiger partial charge in [-0.1, -0.05) is 12.1 Å². The SMILES string of the molecule is Cl.NC(=O)c1cccc(CNC(=O)C2CCNC2)c1. The van der Waals surface area contributed by atoms with Crippen molar-refractivity contribution in [3.8, 4) is 0 Å². The number of benzene rings is 1. The van der Waals surface area contributed by atoms with E-state index in [1.54, 1.807) is 18.2 Å². The van der Waals surface area contributed by atoms with Crippen molar-refractivity contribution in [2.75, 3.05) is 13.1 Å². The summed E-state index contributed by atoms with van der Waals surface area (Å²) in [5.74, 6) is -0.336. The third kappa shape index (κ3) is 4.22. The van der Waals surface area contributed by atoms with Crippen molar-refractivity contribution >= 4 is 24.2 Å². The van der Waals surface area contributed by atoms with Crippen LogP contribution in [-0.2, 0) is 11.3 Å². The zero-order valence-corrected chi connectivity index (χ0v) is 11.3. The molecular formula is C13H18ClN3O2. The summed E-state index contributed by atoms with van der Waals surface area (Å²) in [6.45, 7) is 2.07. The highest BCUT2D eigenvalue weighted by atomic mass is 35.5. The fraction of sp³-hybridized carbons (Fsp3) is 0.385. The average molecular weight is 284 g/mol. The molecule has 2 amide bonds. The lowest BCUT2D eigenvalue weighted by Gasteiger charge is -2.10. The third-order valence-electron chi connectivity index (χ3n) is 3.11. The number of hydrogen-bond acceptors (Lipinski definition) is 3. The molecule has 0 radical (unpaired) electrons. The van der Waals surface area contributed by atoms with Crippen LogP contribution in [-0.4, -0.2) is 24.9 Å². The number of nitrogens with two attached hydrogens (primary N) is 1. The van der Waals surface area contributed by atoms with E-state index in [9.17, 15) is 9.59 Å². The van der Waals surface area contributed by atoms with Gasteiger partial charge in [-0.05, 0) is 30.7 Å². The lowest BCUT2D eigenvalue weighted by atomic mass is 10.1. The molecular weight excluding hydrogens is 266 g/mol. The monoisotopic (exact) mass is 283 g/mol. The van der Waals surface area contributed by atoms with E-state index in [0.717, 1.165) is 25.1 Å². The van der Waals surface area contributed by atoms with E-state index in [1.807, 2.05) is 6.07 Å². The average Bonchev–Trinajstić information content (AvgIpc) is 2.90. The van der Waals surface area contributed by atoms with Crippen LogP contribution in [0, 0.1) is 5.92 Å². The van der Waals surface area contributed by atoms with Gasteiger partial charge in [-0.3, -0.25) is 9.59 Å². The number of nitrogens with one attached hydrogen (secondary N) is 2. The van der Waals surface area contributed by atoms with Gasteiger partial charge < -0.3 is 16.4 Å². The minimum Gasteiger partial charge on any atom is -0.366 e. The lowest BCUT2D eigenvalue weighted by Crippen LogP contribution is -2.31. The van der Waals surface area contributed by atoms with Gasteiger partial charge in [0.15, 0.2) is 0 Å². The molecule has 4 N–H and O–H groups in total. The molecule has 104 valence electrons. The highest BCUT2D eigenvalue weighted by Gasteiger charge is 2.21. The minimum absolute atomic E-state index is 0. The van der Waals surface area contributed by atoms with E-state index in [0.29, 0.717) is 12.1 Å². The number of rotatable bonds is 4. The Hall–Kier alpha value is -1.59. The van der Waals surface area contributed by atoms with E-state index < -0.39 is 5.91 Å². The fourth-order valence-corrected chi connectivity index (χ4v) is 2.05. The molecule has 1 atom stereocenters. The van der Waals surface area contributed by atoms with Gasteiger partial charge in [0.2, 0.25) is 11.8 Å². The summed E-state index contributed by atoms with van der Waals surface area (Å²) in [7, 11) is 0. The Bertz CT molecular complexity index is 459. The number of carbonyl (C=O) groups is 2. The Morgan fingerprint density at radius 3 is 2.84 bits per heavy atom. The molecule has 1 saturated heterocycles. The first-order chi connectivity index (χ1) is 8.66. The van der Waals surface area contributed by atoms with E-state index in [1.165, 1.54) is 0 Å². The topological polar surface area (TPSA) is 84.2 Å². The highest BCUT2D eigenvalue weighted by Crippen LogP contribution is 2.08. The van der Waals surface area contributed by atoms with Crippen molar-refractivity contribution in [1.82, 2.24) is 10.6 Å². The van der Waals surface area contributed by atoms with E-state index in [-0.39, 0.29) is 24.2 Å². The van der Waals surface area contributed by atoms with Crippen LogP contribution in [0.15, 0.2) is 24.3 Å². The van der Waals surface area contributed by atoms with Crippen LogP contribution in [0.4, 0.5) is 0 Å². The molecule has 0 aliphatic carbocycles. The summed E-state index contributed by atoms with van der Waals surface area (Å²) in [5.41, 5.74) is 6.55. The fourth-order valence-electron chi connectivity index (χ4n) is 2.05. The van der Waals surface area contributed by atoms with Gasteiger partial charge >= 0.3 is 0 Å². The van der Waals surface area contributed by atoms with Gasteiger partial charge in [0, 0.05) is 18.7 Å². The maximum atomic E-state index is 11.8. The van der Waals surface area contributed by atoms with Crippen molar-refractivity contribution in [1.29, 1.82) is 0 Å². The quantitative estimate of drug-likeness (QED) is 0.749. The second-order valence-corrected chi connectivity index (χ2v) is 4.47. The Morgan fingerprint density at radius 2 is 2.21 bits per heavy atom. The minimum atomic E-state index is -0.455. The summed E-state index contributed by atoms with van der Waals surface area (Å²) >= 11 is 0. The van der Waals surface area contributed by atoms with Crippen LogP contribution >= 0.6 is 12.4 Å². The number of primary amides is 1. The van der Waals surface area contributed by atoms with Crippen molar-refractivity contribution < 1.29 is 9.59 Å². The number of halogens is 1. The highest BCUT2D eigenvalue weighted by molar-refractivity contribution is 5.92. The smallest absolute Gasteiger partial charge is 0.248 e. The van der Waals surface area contributed by atoms with Crippen LogP contribution in [0.3, 0.4) is 0 Å². The molecule has 2 rings (SSSR count). The predicted octanol–water partition coefficient (Wildman–Crippen LogP) is 0.433. The van der Waals surface area contributed by atoms with Crippen LogP contribution in [0.1, 0.15) is 22.3 Å². The zero-order valence-electron chi connectivity index (χ0n) is 10.5. The van der Waals surface area contributed by atoms with Crippen LogP contribution in [0.25, 0.3) is 0 Å². The molecule has 1 unspecified atom stereocenters. The predicted molar refractivity (Wildman–Crippen MR) is 75.0 cm³/mol. The van der Waals surface area contributed by atoms with Gasteiger partial charge in [0.25, 0.3) is 0 Å². The second-order valence-electron chi connectivity index (χ2n) is 4.47. The summed E-state index contributed by atoms with van der Waals surface area (Å²) in [6.07, 6.45) is 0.882. The first-order valence-electron chi connectivity index (χ1n) is 6.04. The largest absolute Gasteiger partial charge is 0.366 e. The van der Waals surface area contributed by atoms with Crippen LogP contribution < -0.4 is 16.4 Å². The van der Waals surface area contributed by atoms with Crippen molar-refractivity contribution in [2.24, 2.45) is 11.7 Å². The molecule has 19 heavy (non-hydrogen) atoms. The maximum absolute atomic E-state index is 11.8. The Labute approximate surface area is 118 Å². The van der Waals surface area contributed by atoms with Crippen LogP contribution in [0.2, 0.25) is 0 Å². The van der Waals surface area contributed by atoms with Crippen LogP contribution in [0.5, 0.6) is 0 Å². The molecule has 0 bridgehead atoms. The molecule has 6 heteroatoms. The van der Waals surface area contributed by atoms with Gasteiger partial charge in [-0.15, -0.1) is 12.4 Å². The zero-order chi connectivity index (χ0) is 13.0. The number of carbonyl (C=O) groups excluding carboxylic acids is 2. The van der Waals surface area contributed by atoms with Crippen molar-refractivity contribution in [3.63, 3.8) is 0 Å². The molecule has 1 aliphatic rings. The number of amides is 2. The van der Waals surface area contributed by atoms with Gasteiger partial charge in [-0.25, -0.2) is 0 Å². The van der Waals surface area contributed by atoms with E-state index in [4.69, 9.17) is 5.73 Å². The number of hydrogen-bond donors (Lipinski definition) is 3. The van der Waals surface area contributed by atoms with Crippen molar-refractivity contribution in [2.45, 2.75) is 13.0 Å². The molecule has 1 aromatic rings. The lowest BCUT2D eigenvalue weighted by molar-refractivity contribution is -0.124. The molecule has 5 nitrogen and oxygen atoms in total. The van der Waals surface area contributed by atoms with Crippen molar-refractivity contribution in [3.05, 3.63) is 35.4 Å². The summed E-state index contributed by atoms with van der Waals surface area (Å²) in [6, 6.07) is 6.99.